The van der Waals surface area contributed by atoms with E-state index >= 15 is 0 Å². The third-order valence-electron chi connectivity index (χ3n) is 2.10. The molecular formula is C14H13NO3. The molecule has 0 spiro atoms. The van der Waals surface area contributed by atoms with Gasteiger partial charge in [0.1, 0.15) is 24.0 Å². The zero-order chi connectivity index (χ0) is 13.4. The molecule has 0 aromatic heterocycles. The number of carbonyl (C=O) groups excluding carboxylic acids is 1. The van der Waals surface area contributed by atoms with Gasteiger partial charge >= 0.3 is 5.97 Å². The third-order valence-corrected chi connectivity index (χ3v) is 2.10. The second-order valence-electron chi connectivity index (χ2n) is 3.30. The van der Waals surface area contributed by atoms with Gasteiger partial charge in [0.05, 0.1) is 7.11 Å². The second-order valence-corrected chi connectivity index (χ2v) is 3.30. The maximum absolute atomic E-state index is 11.3. The van der Waals surface area contributed by atoms with Gasteiger partial charge in [0.25, 0.3) is 0 Å². The molecule has 18 heavy (non-hydrogen) atoms. The number of hydrogen-bond acceptors (Lipinski definition) is 4. The molecule has 0 saturated heterocycles. The van der Waals surface area contributed by atoms with Crippen molar-refractivity contribution in [2.75, 3.05) is 13.7 Å². The lowest BCUT2D eigenvalue weighted by Crippen LogP contribution is -2.03. The summed E-state index contributed by atoms with van der Waals surface area (Å²) < 4.78 is 9.93. The van der Waals surface area contributed by atoms with E-state index in [1.165, 1.54) is 13.2 Å². The SMILES string of the molecule is C=CCOc1ccccc1/C=C(/C#N)C(=O)OC. The minimum absolute atomic E-state index is 0.0767. The van der Waals surface area contributed by atoms with Crippen LogP contribution in [0.4, 0.5) is 0 Å². The monoisotopic (exact) mass is 243 g/mol. The lowest BCUT2D eigenvalue weighted by molar-refractivity contribution is -0.135. The van der Waals surface area contributed by atoms with Gasteiger partial charge in [-0.25, -0.2) is 4.79 Å². The fourth-order valence-electron chi connectivity index (χ4n) is 1.28. The highest BCUT2D eigenvalue weighted by molar-refractivity contribution is 5.98. The van der Waals surface area contributed by atoms with Crippen LogP contribution >= 0.6 is 0 Å². The first-order valence-corrected chi connectivity index (χ1v) is 5.25. The number of methoxy groups -OCH3 is 1. The predicted molar refractivity (Wildman–Crippen MR) is 67.7 cm³/mol. The predicted octanol–water partition coefficient (Wildman–Crippen LogP) is 2.33. The first kappa shape index (κ1) is 13.5. The Morgan fingerprint density at radius 1 is 1.50 bits per heavy atom. The van der Waals surface area contributed by atoms with Crippen LogP contribution in [0.15, 0.2) is 42.5 Å². The topological polar surface area (TPSA) is 59.3 Å². The van der Waals surface area contributed by atoms with Gasteiger partial charge in [-0.2, -0.15) is 5.26 Å². The summed E-state index contributed by atoms with van der Waals surface area (Å²) in [4.78, 5) is 11.3. The number of ether oxygens (including phenoxy) is 2. The molecule has 1 rings (SSSR count). The van der Waals surface area contributed by atoms with Crippen molar-refractivity contribution in [2.45, 2.75) is 0 Å². The Morgan fingerprint density at radius 2 is 2.22 bits per heavy atom. The molecule has 4 nitrogen and oxygen atoms in total. The zero-order valence-electron chi connectivity index (χ0n) is 10.1. The molecule has 0 bridgehead atoms. The van der Waals surface area contributed by atoms with Crippen LogP contribution in [0.25, 0.3) is 6.08 Å². The van der Waals surface area contributed by atoms with Gasteiger partial charge in [0, 0.05) is 5.56 Å². The lowest BCUT2D eigenvalue weighted by atomic mass is 10.1. The molecular weight excluding hydrogens is 230 g/mol. The number of hydrogen-bond donors (Lipinski definition) is 0. The summed E-state index contributed by atoms with van der Waals surface area (Å²) in [7, 11) is 1.23. The molecule has 0 heterocycles. The van der Waals surface area contributed by atoms with E-state index in [9.17, 15) is 4.79 Å². The van der Waals surface area contributed by atoms with Crippen molar-refractivity contribution in [1.29, 1.82) is 5.26 Å². The molecule has 0 aliphatic heterocycles. The molecule has 0 amide bonds. The van der Waals surface area contributed by atoms with Crippen LogP contribution in [0.3, 0.4) is 0 Å². The number of esters is 1. The number of rotatable bonds is 5. The van der Waals surface area contributed by atoms with E-state index in [0.717, 1.165) is 0 Å². The van der Waals surface area contributed by atoms with Crippen LogP contribution in [0.2, 0.25) is 0 Å². The maximum Gasteiger partial charge on any atom is 0.348 e. The van der Waals surface area contributed by atoms with Crippen LogP contribution in [0.5, 0.6) is 5.75 Å². The van der Waals surface area contributed by atoms with Crippen molar-refractivity contribution in [2.24, 2.45) is 0 Å². The number of benzene rings is 1. The molecule has 0 N–H and O–H groups in total. The van der Waals surface area contributed by atoms with Gasteiger partial charge in [0.2, 0.25) is 0 Å². The van der Waals surface area contributed by atoms with E-state index in [1.807, 2.05) is 0 Å². The van der Waals surface area contributed by atoms with Gasteiger partial charge < -0.3 is 9.47 Å². The smallest absolute Gasteiger partial charge is 0.348 e. The molecule has 1 aromatic carbocycles. The quantitative estimate of drug-likeness (QED) is 0.344. The number of para-hydroxylation sites is 1. The standard InChI is InChI=1S/C14H13NO3/c1-3-8-18-13-7-5-4-6-11(13)9-12(10-15)14(16)17-2/h3-7,9H,1,8H2,2H3/b12-9-. The normalized spacial score (nSPS) is 10.3. The van der Waals surface area contributed by atoms with E-state index in [0.29, 0.717) is 17.9 Å². The fourth-order valence-corrected chi connectivity index (χ4v) is 1.28. The Bertz CT molecular complexity index is 512. The van der Waals surface area contributed by atoms with Crippen molar-refractivity contribution in [3.8, 4) is 11.8 Å². The summed E-state index contributed by atoms with van der Waals surface area (Å²) in [6, 6.07) is 8.89. The second kappa shape index (κ2) is 6.92. The average molecular weight is 243 g/mol. The highest BCUT2D eigenvalue weighted by Gasteiger charge is 2.10. The maximum atomic E-state index is 11.3. The van der Waals surface area contributed by atoms with Gasteiger partial charge in [-0.05, 0) is 12.1 Å². The highest BCUT2D eigenvalue weighted by atomic mass is 16.5. The van der Waals surface area contributed by atoms with E-state index < -0.39 is 5.97 Å². The molecule has 0 unspecified atom stereocenters. The van der Waals surface area contributed by atoms with Crippen LogP contribution in [-0.2, 0) is 9.53 Å². The highest BCUT2D eigenvalue weighted by Crippen LogP contribution is 2.21. The first-order valence-electron chi connectivity index (χ1n) is 5.25. The largest absolute Gasteiger partial charge is 0.489 e. The molecule has 1 aromatic rings. The zero-order valence-corrected chi connectivity index (χ0v) is 10.1. The minimum Gasteiger partial charge on any atom is -0.489 e. The van der Waals surface area contributed by atoms with Crippen molar-refractivity contribution in [3.05, 3.63) is 48.1 Å². The summed E-state index contributed by atoms with van der Waals surface area (Å²) in [5.74, 6) is -0.0925. The third kappa shape index (κ3) is 3.49. The summed E-state index contributed by atoms with van der Waals surface area (Å²) >= 11 is 0. The molecule has 0 saturated carbocycles. The Kier molecular flexibility index (Phi) is 5.20. The molecule has 0 aliphatic rings. The summed E-state index contributed by atoms with van der Waals surface area (Å²) in [5, 5.41) is 8.88. The van der Waals surface area contributed by atoms with Crippen LogP contribution in [-0.4, -0.2) is 19.7 Å². The summed E-state index contributed by atoms with van der Waals surface area (Å²) in [6.07, 6.45) is 3.05. The molecule has 0 aliphatic carbocycles. The molecule has 0 atom stereocenters. The van der Waals surface area contributed by atoms with Crippen molar-refractivity contribution >= 4 is 12.0 Å². The Hall–Kier alpha value is -2.54. The number of nitrogens with zero attached hydrogens (tertiary/aromatic N) is 1. The lowest BCUT2D eigenvalue weighted by Gasteiger charge is -2.07. The molecule has 0 radical (unpaired) electrons. The van der Waals surface area contributed by atoms with Crippen LogP contribution < -0.4 is 4.74 Å². The average Bonchev–Trinajstić information content (AvgIpc) is 2.42. The Morgan fingerprint density at radius 3 is 2.83 bits per heavy atom. The first-order chi connectivity index (χ1) is 8.72. The van der Waals surface area contributed by atoms with Gasteiger partial charge in [-0.3, -0.25) is 0 Å². The van der Waals surface area contributed by atoms with Crippen LogP contribution in [0, 0.1) is 11.3 Å². The van der Waals surface area contributed by atoms with E-state index in [4.69, 9.17) is 10.00 Å². The van der Waals surface area contributed by atoms with Gasteiger partial charge in [-0.15, -0.1) is 0 Å². The minimum atomic E-state index is -0.670. The Balaban J connectivity index is 3.09. The van der Waals surface area contributed by atoms with E-state index in [1.54, 1.807) is 36.4 Å². The van der Waals surface area contributed by atoms with E-state index in [-0.39, 0.29) is 5.57 Å². The fraction of sp³-hybridized carbons (Fsp3) is 0.143. The van der Waals surface area contributed by atoms with Gasteiger partial charge in [0.15, 0.2) is 0 Å². The van der Waals surface area contributed by atoms with Crippen LogP contribution in [0.1, 0.15) is 5.56 Å². The number of nitriles is 1. The van der Waals surface area contributed by atoms with Crippen molar-refractivity contribution < 1.29 is 14.3 Å². The van der Waals surface area contributed by atoms with Crippen molar-refractivity contribution in [3.63, 3.8) is 0 Å². The molecule has 4 heteroatoms. The van der Waals surface area contributed by atoms with Gasteiger partial charge in [-0.1, -0.05) is 30.9 Å². The summed E-state index contributed by atoms with van der Waals surface area (Å²) in [6.45, 7) is 3.91. The summed E-state index contributed by atoms with van der Waals surface area (Å²) in [5.41, 5.74) is 0.563. The van der Waals surface area contributed by atoms with E-state index in [2.05, 4.69) is 11.3 Å². The number of carbonyl (C=O) groups is 1. The molecule has 0 fully saturated rings. The molecule has 92 valence electrons. The Labute approximate surface area is 106 Å². The van der Waals surface area contributed by atoms with Crippen molar-refractivity contribution in [1.82, 2.24) is 0 Å².